The number of likely N-dealkylation sites (N-methyl/N-ethyl adjacent to an activating group) is 1. The summed E-state index contributed by atoms with van der Waals surface area (Å²) in [4.78, 5) is 13.3. The second-order valence-electron chi connectivity index (χ2n) is 6.52. The molecule has 1 fully saturated rings. The topological polar surface area (TPSA) is 56.0 Å². The van der Waals surface area contributed by atoms with Crippen LogP contribution in [0.25, 0.3) is 0 Å². The molecule has 24 heavy (non-hydrogen) atoms. The Morgan fingerprint density at radius 3 is 2.83 bits per heavy atom. The molecule has 1 aromatic carbocycles. The molecule has 2 aromatic rings. The van der Waals surface area contributed by atoms with Gasteiger partial charge in [-0.1, -0.05) is 37.3 Å². The van der Waals surface area contributed by atoms with Gasteiger partial charge in [-0.05, 0) is 30.5 Å². The molecule has 124 valence electrons. The van der Waals surface area contributed by atoms with Gasteiger partial charge in [-0.25, -0.2) is 9.97 Å². The van der Waals surface area contributed by atoms with Crippen molar-refractivity contribution in [3.8, 4) is 6.07 Å². The summed E-state index contributed by atoms with van der Waals surface area (Å²) in [6.07, 6.45) is 2.81. The number of likely N-dealkylation sites (tertiary alicyclic amines) is 1. The van der Waals surface area contributed by atoms with Gasteiger partial charge < -0.3 is 4.90 Å². The maximum atomic E-state index is 9.05. The standard InChI is InChI=1S/C19H23N5/c1-15-9-11-24(13-16-6-4-3-5-7-16)14-18(15)23(2)19-21-10-8-17(12-20)22-19/h3-8,10,15,18H,9,11,13-14H2,1-2H3/t15-,18+/m1/s1. The second kappa shape index (κ2) is 7.41. The zero-order valence-corrected chi connectivity index (χ0v) is 14.3. The largest absolute Gasteiger partial charge is 0.339 e. The molecule has 0 spiro atoms. The molecule has 0 aliphatic carbocycles. The number of anilines is 1. The van der Waals surface area contributed by atoms with E-state index >= 15 is 0 Å². The maximum absolute atomic E-state index is 9.05. The predicted molar refractivity (Wildman–Crippen MR) is 94.4 cm³/mol. The van der Waals surface area contributed by atoms with Gasteiger partial charge >= 0.3 is 0 Å². The number of nitrogens with zero attached hydrogens (tertiary/aromatic N) is 5. The fourth-order valence-corrected chi connectivity index (χ4v) is 3.33. The molecule has 0 unspecified atom stereocenters. The molecular formula is C19H23N5. The molecule has 0 radical (unpaired) electrons. The molecule has 0 saturated carbocycles. The van der Waals surface area contributed by atoms with Crippen molar-refractivity contribution in [3.63, 3.8) is 0 Å². The summed E-state index contributed by atoms with van der Waals surface area (Å²) in [7, 11) is 2.03. The first-order valence-electron chi connectivity index (χ1n) is 8.39. The summed E-state index contributed by atoms with van der Waals surface area (Å²) in [5.41, 5.74) is 1.76. The number of hydrogen-bond acceptors (Lipinski definition) is 5. The average molecular weight is 321 g/mol. The van der Waals surface area contributed by atoms with E-state index in [-0.39, 0.29) is 0 Å². The van der Waals surface area contributed by atoms with Crippen molar-refractivity contribution in [2.24, 2.45) is 5.92 Å². The van der Waals surface area contributed by atoms with Gasteiger partial charge in [0.1, 0.15) is 11.8 Å². The molecule has 0 bridgehead atoms. The van der Waals surface area contributed by atoms with Crippen molar-refractivity contribution in [1.82, 2.24) is 14.9 Å². The third kappa shape index (κ3) is 3.72. The van der Waals surface area contributed by atoms with Crippen molar-refractivity contribution >= 4 is 5.95 Å². The number of nitriles is 1. The third-order valence-corrected chi connectivity index (χ3v) is 4.82. The van der Waals surface area contributed by atoms with E-state index < -0.39 is 0 Å². The molecule has 1 saturated heterocycles. The smallest absolute Gasteiger partial charge is 0.226 e. The molecule has 0 amide bonds. The molecule has 3 rings (SSSR count). The fourth-order valence-electron chi connectivity index (χ4n) is 3.33. The molecule has 5 nitrogen and oxygen atoms in total. The lowest BCUT2D eigenvalue weighted by Crippen LogP contribution is -2.51. The fraction of sp³-hybridized carbons (Fsp3) is 0.421. The molecule has 2 atom stereocenters. The van der Waals surface area contributed by atoms with Crippen LogP contribution in [0.2, 0.25) is 0 Å². The molecule has 1 aliphatic rings. The molecule has 2 heterocycles. The zero-order valence-electron chi connectivity index (χ0n) is 14.3. The van der Waals surface area contributed by atoms with Crippen LogP contribution in [0.3, 0.4) is 0 Å². The third-order valence-electron chi connectivity index (χ3n) is 4.82. The van der Waals surface area contributed by atoms with Crippen LogP contribution in [0, 0.1) is 17.2 Å². The molecular weight excluding hydrogens is 298 g/mol. The van der Waals surface area contributed by atoms with Crippen LogP contribution >= 0.6 is 0 Å². The van der Waals surface area contributed by atoms with E-state index in [2.05, 4.69) is 63.1 Å². The summed E-state index contributed by atoms with van der Waals surface area (Å²) in [5, 5.41) is 9.05. The highest BCUT2D eigenvalue weighted by Gasteiger charge is 2.30. The second-order valence-corrected chi connectivity index (χ2v) is 6.52. The molecule has 5 heteroatoms. The Balaban J connectivity index is 1.72. The normalized spacial score (nSPS) is 21.2. The van der Waals surface area contributed by atoms with Gasteiger partial charge in [0.25, 0.3) is 0 Å². The molecule has 0 N–H and O–H groups in total. The minimum atomic E-state index is 0.344. The molecule has 1 aliphatic heterocycles. The summed E-state index contributed by atoms with van der Waals surface area (Å²) >= 11 is 0. The number of piperidine rings is 1. The summed E-state index contributed by atoms with van der Waals surface area (Å²) in [6, 6.07) is 14.7. The van der Waals surface area contributed by atoms with Gasteiger partial charge in [0, 0.05) is 32.4 Å². The quantitative estimate of drug-likeness (QED) is 0.866. The van der Waals surface area contributed by atoms with Crippen LogP contribution in [0.4, 0.5) is 5.95 Å². The van der Waals surface area contributed by atoms with E-state index in [0.717, 1.165) is 26.1 Å². The first-order chi connectivity index (χ1) is 11.7. The highest BCUT2D eigenvalue weighted by Crippen LogP contribution is 2.24. The van der Waals surface area contributed by atoms with Crippen LogP contribution in [0.1, 0.15) is 24.6 Å². The van der Waals surface area contributed by atoms with E-state index in [1.807, 2.05) is 7.05 Å². The highest BCUT2D eigenvalue weighted by atomic mass is 15.3. The van der Waals surface area contributed by atoms with Crippen molar-refractivity contribution in [1.29, 1.82) is 5.26 Å². The number of benzene rings is 1. The van der Waals surface area contributed by atoms with Crippen molar-refractivity contribution in [3.05, 3.63) is 53.9 Å². The van der Waals surface area contributed by atoms with Crippen LogP contribution < -0.4 is 4.90 Å². The van der Waals surface area contributed by atoms with Gasteiger partial charge in [-0.15, -0.1) is 0 Å². The Hall–Kier alpha value is -2.45. The predicted octanol–water partition coefficient (Wildman–Crippen LogP) is 2.70. The van der Waals surface area contributed by atoms with Crippen molar-refractivity contribution in [2.45, 2.75) is 25.9 Å². The zero-order chi connectivity index (χ0) is 16.9. The van der Waals surface area contributed by atoms with Crippen molar-refractivity contribution in [2.75, 3.05) is 25.0 Å². The molecule has 1 aromatic heterocycles. The average Bonchev–Trinajstić information content (AvgIpc) is 2.63. The number of hydrogen-bond donors (Lipinski definition) is 0. The van der Waals surface area contributed by atoms with E-state index in [1.54, 1.807) is 12.3 Å². The Bertz CT molecular complexity index is 709. The summed E-state index contributed by atoms with van der Waals surface area (Å²) < 4.78 is 0. The summed E-state index contributed by atoms with van der Waals surface area (Å²) in [6.45, 7) is 5.35. The van der Waals surface area contributed by atoms with E-state index in [4.69, 9.17) is 5.26 Å². The van der Waals surface area contributed by atoms with Crippen LogP contribution in [0.15, 0.2) is 42.6 Å². The SMILES string of the molecule is C[C@@H]1CCN(Cc2ccccc2)C[C@@H]1N(C)c1nccc(C#N)n1. The Kier molecular flexibility index (Phi) is 5.07. The maximum Gasteiger partial charge on any atom is 0.226 e. The Morgan fingerprint density at radius 2 is 2.08 bits per heavy atom. The minimum Gasteiger partial charge on any atom is -0.339 e. The minimum absolute atomic E-state index is 0.344. The number of aromatic nitrogens is 2. The highest BCUT2D eigenvalue weighted by molar-refractivity contribution is 5.34. The van der Waals surface area contributed by atoms with Gasteiger partial charge in [-0.3, -0.25) is 4.90 Å². The lowest BCUT2D eigenvalue weighted by Gasteiger charge is -2.41. The van der Waals surface area contributed by atoms with E-state index in [9.17, 15) is 0 Å². The van der Waals surface area contributed by atoms with Crippen LogP contribution in [-0.4, -0.2) is 41.0 Å². The van der Waals surface area contributed by atoms with Crippen molar-refractivity contribution < 1.29 is 0 Å². The monoisotopic (exact) mass is 321 g/mol. The van der Waals surface area contributed by atoms with E-state index in [1.165, 1.54) is 5.56 Å². The first-order valence-corrected chi connectivity index (χ1v) is 8.39. The lowest BCUT2D eigenvalue weighted by molar-refractivity contribution is 0.158. The summed E-state index contributed by atoms with van der Waals surface area (Å²) in [5.74, 6) is 1.20. The van der Waals surface area contributed by atoms with Gasteiger partial charge in [0.15, 0.2) is 0 Å². The first kappa shape index (κ1) is 16.4. The Labute approximate surface area is 143 Å². The van der Waals surface area contributed by atoms with E-state index in [0.29, 0.717) is 23.6 Å². The van der Waals surface area contributed by atoms with Crippen LogP contribution in [-0.2, 0) is 6.54 Å². The van der Waals surface area contributed by atoms with Gasteiger partial charge in [0.2, 0.25) is 5.95 Å². The Morgan fingerprint density at radius 1 is 1.29 bits per heavy atom. The van der Waals surface area contributed by atoms with Gasteiger partial charge in [0.05, 0.1) is 0 Å². The van der Waals surface area contributed by atoms with Crippen LogP contribution in [0.5, 0.6) is 0 Å². The van der Waals surface area contributed by atoms with Gasteiger partial charge in [-0.2, -0.15) is 5.26 Å². The lowest BCUT2D eigenvalue weighted by atomic mass is 9.92. The number of rotatable bonds is 4.